The molecule has 0 saturated carbocycles. The smallest absolute Gasteiger partial charge is 0.228 e. The van der Waals surface area contributed by atoms with E-state index in [2.05, 4.69) is 17.6 Å². The number of anilines is 1. The minimum absolute atomic E-state index is 0.000463. The third-order valence-electron chi connectivity index (χ3n) is 2.29. The van der Waals surface area contributed by atoms with Crippen LogP contribution in [0.1, 0.15) is 12.1 Å². The van der Waals surface area contributed by atoms with E-state index < -0.39 is 0 Å². The molecule has 0 spiro atoms. The summed E-state index contributed by atoms with van der Waals surface area (Å²) >= 11 is 4.26. The average Bonchev–Trinajstić information content (AvgIpc) is 2.57. The van der Waals surface area contributed by atoms with Gasteiger partial charge in [0.15, 0.2) is 5.69 Å². The van der Waals surface area contributed by atoms with Crippen molar-refractivity contribution < 1.29 is 4.79 Å². The van der Waals surface area contributed by atoms with E-state index in [4.69, 9.17) is 5.26 Å². The monoisotopic (exact) mass is 219 g/mol. The van der Waals surface area contributed by atoms with Crippen molar-refractivity contribution in [2.75, 3.05) is 11.4 Å². The molecule has 5 heteroatoms. The van der Waals surface area contributed by atoms with Gasteiger partial charge in [0.1, 0.15) is 6.07 Å². The summed E-state index contributed by atoms with van der Waals surface area (Å²) in [5.41, 5.74) is 0.870. The predicted molar refractivity (Wildman–Crippen MR) is 58.7 cm³/mol. The molecule has 1 saturated heterocycles. The van der Waals surface area contributed by atoms with Gasteiger partial charge >= 0.3 is 0 Å². The van der Waals surface area contributed by atoms with Crippen molar-refractivity contribution in [3.63, 3.8) is 0 Å². The molecule has 15 heavy (non-hydrogen) atoms. The zero-order chi connectivity index (χ0) is 10.8. The van der Waals surface area contributed by atoms with Crippen molar-refractivity contribution in [3.8, 4) is 6.07 Å². The van der Waals surface area contributed by atoms with Crippen molar-refractivity contribution in [1.29, 1.82) is 5.26 Å². The fourth-order valence-corrected chi connectivity index (χ4v) is 1.94. The molecular weight excluding hydrogens is 210 g/mol. The number of nitrogens with zero attached hydrogens (tertiary/aromatic N) is 3. The van der Waals surface area contributed by atoms with Crippen molar-refractivity contribution >= 4 is 24.2 Å². The lowest BCUT2D eigenvalue weighted by Crippen LogP contribution is -2.25. The van der Waals surface area contributed by atoms with Gasteiger partial charge < -0.3 is 4.90 Å². The SMILES string of the molecule is N#Cc1ncccc1N1CC(S)CC1=O. The summed E-state index contributed by atoms with van der Waals surface area (Å²) in [4.78, 5) is 17.1. The molecule has 1 aromatic rings. The molecule has 0 aliphatic carbocycles. The van der Waals surface area contributed by atoms with Gasteiger partial charge in [0.25, 0.3) is 0 Å². The standard InChI is InChI=1S/C10H9N3OS/c11-5-8-9(2-1-3-12-8)13-6-7(15)4-10(13)14/h1-3,7,15H,4,6H2. The number of carbonyl (C=O) groups is 1. The molecule has 4 nitrogen and oxygen atoms in total. The number of rotatable bonds is 1. The second kappa shape index (κ2) is 3.91. The molecule has 1 aliphatic heterocycles. The molecule has 76 valence electrons. The molecule has 0 N–H and O–H groups in total. The van der Waals surface area contributed by atoms with E-state index in [1.165, 1.54) is 0 Å². The van der Waals surface area contributed by atoms with Crippen LogP contribution in [0.2, 0.25) is 0 Å². The number of carbonyl (C=O) groups excluding carboxylic acids is 1. The highest BCUT2D eigenvalue weighted by Gasteiger charge is 2.29. The summed E-state index contributed by atoms with van der Waals surface area (Å²) in [5.74, 6) is -0.000463. The van der Waals surface area contributed by atoms with E-state index in [9.17, 15) is 4.79 Å². The number of amides is 1. The number of thiol groups is 1. The lowest BCUT2D eigenvalue weighted by Gasteiger charge is -2.16. The number of hydrogen-bond acceptors (Lipinski definition) is 4. The fraction of sp³-hybridized carbons (Fsp3) is 0.300. The van der Waals surface area contributed by atoms with E-state index in [1.54, 1.807) is 23.2 Å². The van der Waals surface area contributed by atoms with Gasteiger partial charge in [0.05, 0.1) is 5.69 Å². The Morgan fingerprint density at radius 3 is 3.07 bits per heavy atom. The summed E-state index contributed by atoms with van der Waals surface area (Å²) in [5, 5.41) is 8.91. The van der Waals surface area contributed by atoms with Gasteiger partial charge in [-0.15, -0.1) is 0 Å². The van der Waals surface area contributed by atoms with Crippen molar-refractivity contribution in [2.45, 2.75) is 11.7 Å². The Labute approximate surface area is 92.9 Å². The predicted octanol–water partition coefficient (Wildman–Crippen LogP) is 0.988. The van der Waals surface area contributed by atoms with Crippen molar-refractivity contribution in [1.82, 2.24) is 4.98 Å². The highest BCUT2D eigenvalue weighted by atomic mass is 32.1. The first-order valence-corrected chi connectivity index (χ1v) is 5.07. The highest BCUT2D eigenvalue weighted by molar-refractivity contribution is 7.81. The van der Waals surface area contributed by atoms with Crippen LogP contribution in [0.3, 0.4) is 0 Å². The third-order valence-corrected chi connectivity index (χ3v) is 2.63. The zero-order valence-corrected chi connectivity index (χ0v) is 8.82. The zero-order valence-electron chi connectivity index (χ0n) is 7.92. The van der Waals surface area contributed by atoms with Crippen LogP contribution in [0.4, 0.5) is 5.69 Å². The summed E-state index contributed by atoms with van der Waals surface area (Å²) < 4.78 is 0. The van der Waals surface area contributed by atoms with Crippen LogP contribution in [0, 0.1) is 11.3 Å². The maximum Gasteiger partial charge on any atom is 0.228 e. The van der Waals surface area contributed by atoms with E-state index in [0.29, 0.717) is 18.7 Å². The van der Waals surface area contributed by atoms with Crippen LogP contribution in [-0.2, 0) is 4.79 Å². The topological polar surface area (TPSA) is 57.0 Å². The lowest BCUT2D eigenvalue weighted by atomic mass is 10.3. The number of nitriles is 1. The van der Waals surface area contributed by atoms with Gasteiger partial charge in [0.2, 0.25) is 5.91 Å². The Morgan fingerprint density at radius 1 is 1.67 bits per heavy atom. The molecule has 1 fully saturated rings. The normalized spacial score (nSPS) is 20.4. The van der Waals surface area contributed by atoms with Crippen LogP contribution < -0.4 is 4.90 Å². The van der Waals surface area contributed by atoms with Gasteiger partial charge in [-0.2, -0.15) is 17.9 Å². The fourth-order valence-electron chi connectivity index (χ4n) is 1.62. The van der Waals surface area contributed by atoms with Gasteiger partial charge in [-0.25, -0.2) is 4.98 Å². The van der Waals surface area contributed by atoms with E-state index in [0.717, 1.165) is 0 Å². The summed E-state index contributed by atoms with van der Waals surface area (Å²) in [7, 11) is 0. The molecule has 1 aromatic heterocycles. The van der Waals surface area contributed by atoms with Crippen molar-refractivity contribution in [2.24, 2.45) is 0 Å². The van der Waals surface area contributed by atoms with Crippen molar-refractivity contribution in [3.05, 3.63) is 24.0 Å². The third kappa shape index (κ3) is 1.81. The first-order chi connectivity index (χ1) is 7.22. The minimum atomic E-state index is -0.000463. The summed E-state index contributed by atoms with van der Waals surface area (Å²) in [6.07, 6.45) is 1.96. The van der Waals surface area contributed by atoms with Gasteiger partial charge in [-0.3, -0.25) is 4.79 Å². The van der Waals surface area contributed by atoms with Crippen LogP contribution in [0.15, 0.2) is 18.3 Å². The Bertz CT molecular complexity index is 441. The second-order valence-electron chi connectivity index (χ2n) is 3.35. The van der Waals surface area contributed by atoms with Crippen LogP contribution >= 0.6 is 12.6 Å². The van der Waals surface area contributed by atoms with E-state index in [-0.39, 0.29) is 16.9 Å². The Hall–Kier alpha value is -1.54. The molecular formula is C10H9N3OS. The quantitative estimate of drug-likeness (QED) is 0.716. The number of pyridine rings is 1. The molecule has 2 heterocycles. The second-order valence-corrected chi connectivity index (χ2v) is 4.08. The molecule has 1 amide bonds. The Balaban J connectivity index is 2.38. The van der Waals surface area contributed by atoms with Crippen LogP contribution in [0.25, 0.3) is 0 Å². The summed E-state index contributed by atoms with van der Waals surface area (Å²) in [6.45, 7) is 0.544. The molecule has 1 atom stereocenters. The largest absolute Gasteiger partial charge is 0.309 e. The molecule has 1 unspecified atom stereocenters. The number of aromatic nitrogens is 1. The summed E-state index contributed by atoms with van der Waals surface area (Å²) in [6, 6.07) is 5.43. The maximum atomic E-state index is 11.6. The molecule has 1 aliphatic rings. The van der Waals surface area contributed by atoms with E-state index in [1.807, 2.05) is 6.07 Å². The van der Waals surface area contributed by atoms with Crippen LogP contribution in [0.5, 0.6) is 0 Å². The first kappa shape index (κ1) is 9.99. The molecule has 2 rings (SSSR count). The highest BCUT2D eigenvalue weighted by Crippen LogP contribution is 2.25. The molecule has 0 bridgehead atoms. The van der Waals surface area contributed by atoms with Gasteiger partial charge in [-0.1, -0.05) is 0 Å². The number of hydrogen-bond donors (Lipinski definition) is 1. The Morgan fingerprint density at radius 2 is 2.47 bits per heavy atom. The van der Waals surface area contributed by atoms with Crippen LogP contribution in [-0.4, -0.2) is 22.7 Å². The lowest BCUT2D eigenvalue weighted by molar-refractivity contribution is -0.117. The van der Waals surface area contributed by atoms with Gasteiger partial charge in [-0.05, 0) is 12.1 Å². The molecule has 0 aromatic carbocycles. The van der Waals surface area contributed by atoms with Gasteiger partial charge in [0, 0.05) is 24.4 Å². The van der Waals surface area contributed by atoms with E-state index >= 15 is 0 Å². The molecule has 0 radical (unpaired) electrons. The Kier molecular flexibility index (Phi) is 2.60. The maximum absolute atomic E-state index is 11.6. The minimum Gasteiger partial charge on any atom is -0.309 e. The first-order valence-electron chi connectivity index (χ1n) is 4.56. The average molecular weight is 219 g/mol.